The maximum atomic E-state index is 3.89. The first-order valence-corrected chi connectivity index (χ1v) is 18.9. The van der Waals surface area contributed by atoms with E-state index in [-0.39, 0.29) is 0 Å². The first-order valence-electron chi connectivity index (χ1n) is 11.4. The zero-order valence-electron chi connectivity index (χ0n) is 18.7. The van der Waals surface area contributed by atoms with E-state index >= 15 is 0 Å². The number of hydrogen-bond donors (Lipinski definition) is 0. The molecular weight excluding hydrogens is 443 g/mol. The van der Waals surface area contributed by atoms with Crippen molar-refractivity contribution in [1.29, 1.82) is 0 Å². The Bertz CT molecular complexity index is 705. The number of unbranched alkanes of at least 4 members (excludes halogenated alkanes) is 3. The number of benzene rings is 2. The van der Waals surface area contributed by atoms with Crippen molar-refractivity contribution >= 4 is 28.0 Å². The summed E-state index contributed by atoms with van der Waals surface area (Å²) in [5, 5.41) is 0. The summed E-state index contributed by atoms with van der Waals surface area (Å²) >= 11 is -2.30. The van der Waals surface area contributed by atoms with Gasteiger partial charge in [-0.2, -0.15) is 0 Å². The maximum absolute atomic E-state index is 3.89. The minimum atomic E-state index is -2.30. The summed E-state index contributed by atoms with van der Waals surface area (Å²) in [5.74, 6) is 0. The third kappa shape index (κ3) is 5.99. The first kappa shape index (κ1) is 23.3. The van der Waals surface area contributed by atoms with E-state index in [9.17, 15) is 0 Å². The normalized spacial score (nSPS) is 11.6. The van der Waals surface area contributed by atoms with Gasteiger partial charge in [-0.15, -0.1) is 0 Å². The van der Waals surface area contributed by atoms with Crippen LogP contribution in [0.15, 0.2) is 49.0 Å². The molecule has 0 amide bonds. The van der Waals surface area contributed by atoms with E-state index in [1.54, 1.807) is 3.58 Å². The Labute approximate surface area is 178 Å². The van der Waals surface area contributed by atoms with Crippen LogP contribution in [0.3, 0.4) is 0 Å². The molecule has 152 valence electrons. The van der Waals surface area contributed by atoms with Crippen LogP contribution in [0.1, 0.15) is 70.4 Å². The molecule has 0 aliphatic rings. The van der Waals surface area contributed by atoms with Gasteiger partial charge in [0.1, 0.15) is 0 Å². The minimum absolute atomic E-state index is 1.20. The van der Waals surface area contributed by atoms with Gasteiger partial charge < -0.3 is 0 Å². The fourth-order valence-electron chi connectivity index (χ4n) is 4.49. The van der Waals surface area contributed by atoms with E-state index in [0.29, 0.717) is 0 Å². The van der Waals surface area contributed by atoms with Crippen LogP contribution in [0.2, 0.25) is 13.3 Å². The van der Waals surface area contributed by atoms with Crippen LogP contribution in [-0.2, 0) is 0 Å². The zero-order valence-corrected chi connectivity index (χ0v) is 21.5. The first-order chi connectivity index (χ1) is 13.6. The van der Waals surface area contributed by atoms with Crippen molar-refractivity contribution in [3.05, 3.63) is 60.2 Å². The zero-order chi connectivity index (χ0) is 20.4. The van der Waals surface area contributed by atoms with Crippen molar-refractivity contribution in [2.24, 2.45) is 0 Å². The van der Waals surface area contributed by atoms with Crippen LogP contribution in [0.25, 0.3) is 17.2 Å². The molecule has 0 fully saturated rings. The molecule has 2 aromatic rings. The molecule has 2 rings (SSSR count). The molecule has 0 heterocycles. The van der Waals surface area contributed by atoms with Gasteiger partial charge in [0.25, 0.3) is 0 Å². The number of rotatable bonds is 12. The second kappa shape index (κ2) is 11.9. The van der Waals surface area contributed by atoms with Crippen molar-refractivity contribution in [2.75, 3.05) is 0 Å². The second-order valence-corrected chi connectivity index (χ2v) is 21.7. The summed E-state index contributed by atoms with van der Waals surface area (Å²) in [6.07, 6.45) is 10.2. The van der Waals surface area contributed by atoms with Crippen LogP contribution in [0.4, 0.5) is 0 Å². The van der Waals surface area contributed by atoms with Gasteiger partial charge in [-0.25, -0.2) is 0 Å². The van der Waals surface area contributed by atoms with Crippen molar-refractivity contribution in [3.8, 4) is 11.1 Å². The molecule has 1 heteroatoms. The summed E-state index contributed by atoms with van der Waals surface area (Å²) in [6.45, 7) is 13.2. The summed E-state index contributed by atoms with van der Waals surface area (Å²) < 4.78 is 6.39. The molecule has 0 aromatic heterocycles. The molecule has 2 aromatic carbocycles. The van der Waals surface area contributed by atoms with Crippen molar-refractivity contribution < 1.29 is 0 Å². The third-order valence-electron chi connectivity index (χ3n) is 6.32. The molecule has 28 heavy (non-hydrogen) atoms. The topological polar surface area (TPSA) is 0 Å². The van der Waals surface area contributed by atoms with Gasteiger partial charge >= 0.3 is 179 Å². The summed E-state index contributed by atoms with van der Waals surface area (Å²) in [7, 11) is 0. The van der Waals surface area contributed by atoms with Gasteiger partial charge in [-0.1, -0.05) is 0 Å². The van der Waals surface area contributed by atoms with E-state index in [1.165, 1.54) is 74.1 Å². The molecule has 0 aliphatic carbocycles. The third-order valence-corrected chi connectivity index (χ3v) is 22.0. The Balaban J connectivity index is 2.36. The molecule has 0 bridgehead atoms. The molecule has 0 nitrogen and oxygen atoms in total. The Morgan fingerprint density at radius 2 is 1.32 bits per heavy atom. The van der Waals surface area contributed by atoms with Crippen molar-refractivity contribution in [2.45, 2.75) is 79.5 Å². The average Bonchev–Trinajstić information content (AvgIpc) is 2.73. The Hall–Kier alpha value is -1.02. The van der Waals surface area contributed by atoms with Crippen LogP contribution in [0, 0.1) is 6.92 Å². The fourth-order valence-corrected chi connectivity index (χ4v) is 20.4. The molecule has 0 saturated heterocycles. The average molecular weight is 483 g/mol. The van der Waals surface area contributed by atoms with Gasteiger partial charge in [0.05, 0.1) is 0 Å². The van der Waals surface area contributed by atoms with Crippen LogP contribution >= 0.6 is 0 Å². The molecule has 0 unspecified atom stereocenters. The second-order valence-electron chi connectivity index (χ2n) is 8.45. The van der Waals surface area contributed by atoms with Crippen molar-refractivity contribution in [3.63, 3.8) is 0 Å². The van der Waals surface area contributed by atoms with Crippen LogP contribution in [0.5, 0.6) is 0 Å². The van der Waals surface area contributed by atoms with Crippen LogP contribution in [-0.4, -0.2) is 18.4 Å². The monoisotopic (exact) mass is 484 g/mol. The van der Waals surface area contributed by atoms with Gasteiger partial charge in [0.2, 0.25) is 0 Å². The summed E-state index contributed by atoms with van der Waals surface area (Å²) in [5.41, 5.74) is 5.25. The number of aryl methyl sites for hydroxylation is 1. The van der Waals surface area contributed by atoms with Crippen LogP contribution < -0.4 is 3.58 Å². The van der Waals surface area contributed by atoms with E-state index in [2.05, 4.69) is 76.7 Å². The molecule has 0 atom stereocenters. The van der Waals surface area contributed by atoms with E-state index in [4.69, 9.17) is 0 Å². The standard InChI is InChI=1S/C15H13.3C4H9.Sn/c1-3-13-9-10-15(12(2)11-13)14-7-5-4-6-8-14;3*1-3-4-2;/h3,5-11H,1H2,2H3;3*1,3-4H2,2H3;. The molecule has 0 spiro atoms. The van der Waals surface area contributed by atoms with Gasteiger partial charge in [-0.3, -0.25) is 0 Å². The van der Waals surface area contributed by atoms with Crippen molar-refractivity contribution in [1.82, 2.24) is 0 Å². The molecular formula is C27H40Sn. The number of hydrogen-bond acceptors (Lipinski definition) is 0. The van der Waals surface area contributed by atoms with E-state index in [1.807, 2.05) is 6.08 Å². The Morgan fingerprint density at radius 1 is 0.786 bits per heavy atom. The molecule has 0 radical (unpaired) electrons. The predicted octanol–water partition coefficient (Wildman–Crippen LogP) is 8.36. The molecule has 0 N–H and O–H groups in total. The SMILES string of the molecule is C=Cc1ccc(-c2cc[c]([Sn]([CH2]CCC)([CH2]CCC)[CH2]CCC)cc2)c(C)c1. The van der Waals surface area contributed by atoms with Gasteiger partial charge in [-0.05, 0) is 0 Å². The fraction of sp³-hybridized carbons (Fsp3) is 0.481. The summed E-state index contributed by atoms with van der Waals surface area (Å²) in [4.78, 5) is 0. The quantitative estimate of drug-likeness (QED) is 0.266. The summed E-state index contributed by atoms with van der Waals surface area (Å²) in [6, 6.07) is 16.5. The van der Waals surface area contributed by atoms with E-state index in [0.717, 1.165) is 0 Å². The predicted molar refractivity (Wildman–Crippen MR) is 131 cm³/mol. The molecule has 0 saturated carbocycles. The molecule has 0 aliphatic heterocycles. The Kier molecular flexibility index (Phi) is 9.85. The van der Waals surface area contributed by atoms with E-state index < -0.39 is 18.4 Å². The Morgan fingerprint density at radius 3 is 1.75 bits per heavy atom. The van der Waals surface area contributed by atoms with Gasteiger partial charge in [0.15, 0.2) is 0 Å². The van der Waals surface area contributed by atoms with Gasteiger partial charge in [0, 0.05) is 0 Å².